The van der Waals surface area contributed by atoms with Gasteiger partial charge in [-0.1, -0.05) is 23.7 Å². The summed E-state index contributed by atoms with van der Waals surface area (Å²) in [7, 11) is 2.88. The third kappa shape index (κ3) is 3.29. The smallest absolute Gasteiger partial charge is 0.315 e. The number of nitrogens with zero attached hydrogens (tertiary/aromatic N) is 5. The van der Waals surface area contributed by atoms with Gasteiger partial charge in [0.15, 0.2) is 11.2 Å². The van der Waals surface area contributed by atoms with Crippen LogP contribution in [0.15, 0.2) is 45.3 Å². The minimum Gasteiger partial charge on any atom is -0.315 e. The molecule has 134 valence electrons. The maximum absolute atomic E-state index is 12.3. The fraction of sp³-hybridized carbons (Fsp3) is 0.188. The number of hydrogen-bond acceptors (Lipinski definition) is 5. The van der Waals surface area contributed by atoms with Crippen LogP contribution in [-0.4, -0.2) is 30.8 Å². The molecule has 1 amide bonds. The number of aryl methyl sites for hydroxylation is 1. The number of hydrazone groups is 1. The van der Waals surface area contributed by atoms with E-state index in [1.807, 2.05) is 0 Å². The Hall–Kier alpha value is -3.20. The summed E-state index contributed by atoms with van der Waals surface area (Å²) in [6.07, 6.45) is 2.80. The minimum absolute atomic E-state index is 0.170. The second kappa shape index (κ2) is 6.96. The van der Waals surface area contributed by atoms with E-state index >= 15 is 0 Å². The summed E-state index contributed by atoms with van der Waals surface area (Å²) >= 11 is 5.87. The molecule has 2 heterocycles. The summed E-state index contributed by atoms with van der Waals surface area (Å²) in [4.78, 5) is 40.3. The molecular weight excluding hydrogens is 360 g/mol. The van der Waals surface area contributed by atoms with Crippen molar-refractivity contribution >= 4 is 34.9 Å². The maximum Gasteiger partial charge on any atom is 0.332 e. The number of aromatic nitrogens is 4. The second-order valence-corrected chi connectivity index (χ2v) is 6.04. The van der Waals surface area contributed by atoms with Gasteiger partial charge in [0.05, 0.1) is 12.5 Å². The van der Waals surface area contributed by atoms with Crippen molar-refractivity contribution in [3.63, 3.8) is 0 Å². The molecule has 26 heavy (non-hydrogen) atoms. The first-order valence-corrected chi connectivity index (χ1v) is 7.94. The van der Waals surface area contributed by atoms with Crippen molar-refractivity contribution in [1.29, 1.82) is 0 Å². The molecule has 0 fully saturated rings. The van der Waals surface area contributed by atoms with Crippen molar-refractivity contribution in [2.45, 2.75) is 6.54 Å². The van der Waals surface area contributed by atoms with E-state index in [2.05, 4.69) is 15.5 Å². The first kappa shape index (κ1) is 17.6. The molecule has 3 rings (SSSR count). The molecular formula is C16H15ClN6O3. The number of imidazole rings is 1. The molecule has 0 aliphatic heterocycles. The summed E-state index contributed by atoms with van der Waals surface area (Å²) in [6.45, 7) is -0.170. The number of amides is 1. The molecule has 0 atom stereocenters. The predicted molar refractivity (Wildman–Crippen MR) is 97.4 cm³/mol. The van der Waals surface area contributed by atoms with Crippen LogP contribution in [-0.2, 0) is 25.4 Å². The largest absolute Gasteiger partial charge is 0.332 e. The van der Waals surface area contributed by atoms with Crippen molar-refractivity contribution in [2.75, 3.05) is 0 Å². The highest BCUT2D eigenvalue weighted by Crippen LogP contribution is 2.08. The third-order valence-corrected chi connectivity index (χ3v) is 4.02. The van der Waals surface area contributed by atoms with Gasteiger partial charge in [-0.2, -0.15) is 5.10 Å². The molecule has 3 aromatic rings. The van der Waals surface area contributed by atoms with Crippen molar-refractivity contribution in [3.05, 3.63) is 62.0 Å². The number of hydrogen-bond donors (Lipinski definition) is 1. The monoisotopic (exact) mass is 374 g/mol. The van der Waals surface area contributed by atoms with Crippen LogP contribution >= 0.6 is 11.6 Å². The fourth-order valence-electron chi connectivity index (χ4n) is 2.47. The quantitative estimate of drug-likeness (QED) is 0.521. The highest BCUT2D eigenvalue weighted by molar-refractivity contribution is 6.30. The van der Waals surface area contributed by atoms with E-state index in [-0.39, 0.29) is 17.7 Å². The zero-order valence-electron chi connectivity index (χ0n) is 14.0. The molecule has 0 aliphatic rings. The average Bonchev–Trinajstić information content (AvgIpc) is 3.02. The van der Waals surface area contributed by atoms with E-state index in [0.29, 0.717) is 5.02 Å². The highest BCUT2D eigenvalue weighted by atomic mass is 35.5. The second-order valence-electron chi connectivity index (χ2n) is 5.60. The van der Waals surface area contributed by atoms with Crippen LogP contribution in [0.25, 0.3) is 11.2 Å². The molecule has 0 bridgehead atoms. The van der Waals surface area contributed by atoms with Crippen molar-refractivity contribution in [3.8, 4) is 0 Å². The SMILES string of the molecule is Cn1c(=O)c2c(ncn2CC(=O)N/N=C\c2cccc(Cl)c2)n(C)c1=O. The lowest BCUT2D eigenvalue weighted by Crippen LogP contribution is -2.38. The van der Waals surface area contributed by atoms with E-state index in [4.69, 9.17) is 11.6 Å². The number of carbonyl (C=O) groups excluding carboxylic acids is 1. The Labute approximate surface area is 152 Å². The van der Waals surface area contributed by atoms with Crippen LogP contribution in [0.5, 0.6) is 0 Å². The molecule has 1 N–H and O–H groups in total. The van der Waals surface area contributed by atoms with Crippen LogP contribution < -0.4 is 16.7 Å². The Morgan fingerprint density at radius 3 is 2.81 bits per heavy atom. The number of nitrogens with one attached hydrogen (secondary N) is 1. The van der Waals surface area contributed by atoms with Crippen LogP contribution in [0.2, 0.25) is 5.02 Å². The molecule has 0 saturated carbocycles. The van der Waals surface area contributed by atoms with Gasteiger partial charge in [0.1, 0.15) is 6.54 Å². The van der Waals surface area contributed by atoms with E-state index in [9.17, 15) is 14.4 Å². The van der Waals surface area contributed by atoms with Gasteiger partial charge in [0.2, 0.25) is 0 Å². The number of halogens is 1. The molecule has 9 nitrogen and oxygen atoms in total. The third-order valence-electron chi connectivity index (χ3n) is 3.78. The predicted octanol–water partition coefficient (Wildman–Crippen LogP) is 0.237. The maximum atomic E-state index is 12.3. The van der Waals surface area contributed by atoms with Gasteiger partial charge in [0, 0.05) is 19.1 Å². The summed E-state index contributed by atoms with van der Waals surface area (Å²) < 4.78 is 3.60. The Bertz CT molecular complexity index is 1140. The van der Waals surface area contributed by atoms with Gasteiger partial charge in [-0.3, -0.25) is 18.7 Å². The van der Waals surface area contributed by atoms with E-state index in [0.717, 1.165) is 10.1 Å². The number of carbonyl (C=O) groups is 1. The van der Waals surface area contributed by atoms with Gasteiger partial charge in [-0.05, 0) is 17.7 Å². The van der Waals surface area contributed by atoms with Crippen molar-refractivity contribution in [2.24, 2.45) is 19.2 Å². The summed E-state index contributed by atoms with van der Waals surface area (Å²) in [6, 6.07) is 6.98. The minimum atomic E-state index is -0.518. The van der Waals surface area contributed by atoms with E-state index in [1.54, 1.807) is 24.3 Å². The van der Waals surface area contributed by atoms with Crippen LogP contribution in [0.4, 0.5) is 0 Å². The Kier molecular flexibility index (Phi) is 4.72. The summed E-state index contributed by atoms with van der Waals surface area (Å²) in [5.41, 5.74) is 2.49. The normalized spacial score (nSPS) is 11.3. The van der Waals surface area contributed by atoms with Crippen LogP contribution in [0, 0.1) is 0 Å². The van der Waals surface area contributed by atoms with Crippen LogP contribution in [0.3, 0.4) is 0 Å². The first-order valence-electron chi connectivity index (χ1n) is 7.57. The van der Waals surface area contributed by atoms with E-state index < -0.39 is 17.2 Å². The zero-order chi connectivity index (χ0) is 18.8. The zero-order valence-corrected chi connectivity index (χ0v) is 14.8. The Balaban J connectivity index is 1.80. The molecule has 0 saturated heterocycles. The lowest BCUT2D eigenvalue weighted by atomic mass is 10.2. The highest BCUT2D eigenvalue weighted by Gasteiger charge is 2.15. The first-order chi connectivity index (χ1) is 12.4. The lowest BCUT2D eigenvalue weighted by Gasteiger charge is -2.06. The summed E-state index contributed by atoms with van der Waals surface area (Å²) in [5, 5.41) is 4.42. The number of rotatable bonds is 4. The average molecular weight is 375 g/mol. The van der Waals surface area contributed by atoms with Gasteiger partial charge in [0.25, 0.3) is 11.5 Å². The number of fused-ring (bicyclic) bond motifs is 1. The van der Waals surface area contributed by atoms with Gasteiger partial charge < -0.3 is 4.57 Å². The molecule has 0 radical (unpaired) electrons. The molecule has 0 aliphatic carbocycles. The molecule has 10 heteroatoms. The topological polar surface area (TPSA) is 103 Å². The molecule has 0 unspecified atom stereocenters. The molecule has 0 spiro atoms. The van der Waals surface area contributed by atoms with Crippen molar-refractivity contribution in [1.82, 2.24) is 24.1 Å². The molecule has 1 aromatic carbocycles. The fourth-order valence-corrected chi connectivity index (χ4v) is 2.67. The molecule has 2 aromatic heterocycles. The Morgan fingerprint density at radius 1 is 1.31 bits per heavy atom. The lowest BCUT2D eigenvalue weighted by molar-refractivity contribution is -0.121. The van der Waals surface area contributed by atoms with Gasteiger partial charge in [-0.15, -0.1) is 0 Å². The van der Waals surface area contributed by atoms with Crippen LogP contribution in [0.1, 0.15) is 5.56 Å². The van der Waals surface area contributed by atoms with Crippen molar-refractivity contribution < 1.29 is 4.79 Å². The summed E-state index contributed by atoms with van der Waals surface area (Å²) in [5.74, 6) is -0.446. The van der Waals surface area contributed by atoms with Gasteiger partial charge >= 0.3 is 5.69 Å². The Morgan fingerprint density at radius 2 is 2.08 bits per heavy atom. The van der Waals surface area contributed by atoms with E-state index in [1.165, 1.54) is 35.8 Å². The number of benzene rings is 1. The standard InChI is InChI=1S/C16H15ClN6O3/c1-21-14-13(15(25)22(2)16(21)26)23(9-18-14)8-12(24)20-19-7-10-4-3-5-11(17)6-10/h3-7,9H,8H2,1-2H3,(H,20,24)/b19-7-. The van der Waals surface area contributed by atoms with Gasteiger partial charge in [-0.25, -0.2) is 15.2 Å².